The molecule has 0 bridgehead atoms. The van der Waals surface area contributed by atoms with Gasteiger partial charge in [0.1, 0.15) is 0 Å². The van der Waals surface area contributed by atoms with Crippen LogP contribution in [0.1, 0.15) is 44.0 Å². The van der Waals surface area contributed by atoms with Gasteiger partial charge < -0.3 is 5.32 Å². The van der Waals surface area contributed by atoms with Gasteiger partial charge in [-0.2, -0.15) is 4.31 Å². The Labute approximate surface area is 125 Å². The van der Waals surface area contributed by atoms with E-state index in [0.29, 0.717) is 13.1 Å². The molecule has 1 amide bonds. The summed E-state index contributed by atoms with van der Waals surface area (Å²) in [6, 6.07) is 3.62. The van der Waals surface area contributed by atoms with E-state index in [1.54, 1.807) is 17.4 Å². The fraction of sp³-hybridized carbons (Fsp3) is 0.571. The van der Waals surface area contributed by atoms with Crippen LogP contribution in [-0.2, 0) is 21.4 Å². The zero-order valence-corrected chi connectivity index (χ0v) is 13.2. The molecule has 1 atom stereocenters. The van der Waals surface area contributed by atoms with Crippen molar-refractivity contribution in [1.82, 2.24) is 14.6 Å². The van der Waals surface area contributed by atoms with Gasteiger partial charge >= 0.3 is 0 Å². The zero-order chi connectivity index (χ0) is 15.5. The number of nitrogens with zero attached hydrogens (tertiary/aromatic N) is 2. The minimum Gasteiger partial charge on any atom is -0.351 e. The molecule has 0 aliphatic carbocycles. The van der Waals surface area contributed by atoms with E-state index < -0.39 is 10.0 Å². The Balaban J connectivity index is 2.21. The summed E-state index contributed by atoms with van der Waals surface area (Å²) in [6.45, 7) is 4.05. The summed E-state index contributed by atoms with van der Waals surface area (Å²) in [5.41, 5.74) is 1.68. The molecule has 1 N–H and O–H groups in total. The van der Waals surface area contributed by atoms with E-state index in [2.05, 4.69) is 10.3 Å². The Hall–Kier alpha value is -1.47. The summed E-state index contributed by atoms with van der Waals surface area (Å²) in [5, 5.41) is 2.70. The largest absolute Gasteiger partial charge is 0.351 e. The van der Waals surface area contributed by atoms with Crippen LogP contribution in [0, 0.1) is 0 Å². The number of carbonyl (C=O) groups is 1. The van der Waals surface area contributed by atoms with Crippen LogP contribution >= 0.6 is 0 Å². The van der Waals surface area contributed by atoms with Crippen molar-refractivity contribution in [1.29, 1.82) is 0 Å². The van der Waals surface area contributed by atoms with Gasteiger partial charge in [-0.3, -0.25) is 9.78 Å². The second-order valence-electron chi connectivity index (χ2n) is 5.16. The minimum absolute atomic E-state index is 0.113. The Morgan fingerprint density at radius 2 is 2.29 bits per heavy atom. The lowest BCUT2D eigenvalue weighted by molar-refractivity contribution is -0.119. The first-order chi connectivity index (χ1) is 9.94. The van der Waals surface area contributed by atoms with Gasteiger partial charge in [0, 0.05) is 25.7 Å². The van der Waals surface area contributed by atoms with Gasteiger partial charge in [-0.15, -0.1) is 0 Å². The number of aromatic nitrogens is 1. The fourth-order valence-electron chi connectivity index (χ4n) is 2.59. The number of pyridine rings is 1. The van der Waals surface area contributed by atoms with Crippen molar-refractivity contribution in [2.45, 2.75) is 39.3 Å². The molecule has 2 rings (SSSR count). The molecule has 0 radical (unpaired) electrons. The third-order valence-corrected chi connectivity index (χ3v) is 5.55. The van der Waals surface area contributed by atoms with Crippen molar-refractivity contribution < 1.29 is 13.2 Å². The summed E-state index contributed by atoms with van der Waals surface area (Å²) in [6.07, 6.45) is 3.36. The minimum atomic E-state index is -3.19. The quantitative estimate of drug-likeness (QED) is 0.886. The second-order valence-corrected chi connectivity index (χ2v) is 7.37. The van der Waals surface area contributed by atoms with Gasteiger partial charge in [-0.1, -0.05) is 0 Å². The van der Waals surface area contributed by atoms with E-state index in [1.165, 1.54) is 6.92 Å². The molecule has 1 fully saturated rings. The standard InChI is InChI=1S/C14H21N3O3S/c1-3-21(19,20)17-8-4-5-14(17)12-6-7-15-13(9-12)10-16-11(2)18/h6-7,9,14H,3-5,8,10H2,1-2H3,(H,16,18)/t14-/m0/s1. The summed E-state index contributed by atoms with van der Waals surface area (Å²) in [5.74, 6) is 0.00566. The highest BCUT2D eigenvalue weighted by molar-refractivity contribution is 7.89. The van der Waals surface area contributed by atoms with Crippen molar-refractivity contribution in [2.75, 3.05) is 12.3 Å². The Kier molecular flexibility index (Phi) is 4.95. The summed E-state index contributed by atoms with van der Waals surface area (Å²) < 4.78 is 25.9. The van der Waals surface area contributed by atoms with E-state index in [4.69, 9.17) is 0 Å². The molecule has 21 heavy (non-hydrogen) atoms. The molecule has 7 heteroatoms. The molecular weight excluding hydrogens is 290 g/mol. The van der Waals surface area contributed by atoms with Crippen molar-refractivity contribution in [2.24, 2.45) is 0 Å². The lowest BCUT2D eigenvalue weighted by Crippen LogP contribution is -2.32. The zero-order valence-electron chi connectivity index (χ0n) is 12.4. The van der Waals surface area contributed by atoms with Crippen molar-refractivity contribution in [3.05, 3.63) is 29.6 Å². The Morgan fingerprint density at radius 1 is 1.52 bits per heavy atom. The van der Waals surface area contributed by atoms with Crippen LogP contribution in [0.4, 0.5) is 0 Å². The molecule has 1 aromatic heterocycles. The molecular formula is C14H21N3O3S. The lowest BCUT2D eigenvalue weighted by atomic mass is 10.1. The van der Waals surface area contributed by atoms with Crippen molar-refractivity contribution >= 4 is 15.9 Å². The fourth-order valence-corrected chi connectivity index (χ4v) is 3.94. The summed E-state index contributed by atoms with van der Waals surface area (Å²) >= 11 is 0. The highest BCUT2D eigenvalue weighted by Gasteiger charge is 2.34. The van der Waals surface area contributed by atoms with E-state index >= 15 is 0 Å². The van der Waals surface area contributed by atoms with Gasteiger partial charge in [0.15, 0.2) is 0 Å². The third kappa shape index (κ3) is 3.79. The Bertz CT molecular complexity index is 616. The molecule has 6 nitrogen and oxygen atoms in total. The second kappa shape index (κ2) is 6.53. The lowest BCUT2D eigenvalue weighted by Gasteiger charge is -2.24. The normalized spacial score (nSPS) is 19.6. The van der Waals surface area contributed by atoms with Crippen LogP contribution in [-0.4, -0.2) is 35.9 Å². The molecule has 1 aliphatic rings. The van der Waals surface area contributed by atoms with Crippen molar-refractivity contribution in [3.8, 4) is 0 Å². The number of hydrogen-bond donors (Lipinski definition) is 1. The molecule has 0 spiro atoms. The monoisotopic (exact) mass is 311 g/mol. The number of nitrogens with one attached hydrogen (secondary N) is 1. The summed E-state index contributed by atoms with van der Waals surface area (Å²) in [7, 11) is -3.19. The maximum Gasteiger partial charge on any atom is 0.217 e. The van der Waals surface area contributed by atoms with Gasteiger partial charge in [0.2, 0.25) is 15.9 Å². The van der Waals surface area contributed by atoms with Crippen LogP contribution in [0.5, 0.6) is 0 Å². The van der Waals surface area contributed by atoms with Crippen LogP contribution in [0.25, 0.3) is 0 Å². The maximum atomic E-state index is 12.1. The topological polar surface area (TPSA) is 79.4 Å². The van der Waals surface area contributed by atoms with Crippen LogP contribution in [0.2, 0.25) is 0 Å². The highest BCUT2D eigenvalue weighted by atomic mass is 32.2. The molecule has 116 valence electrons. The SMILES string of the molecule is CCS(=O)(=O)N1CCC[C@H]1c1ccnc(CNC(C)=O)c1. The van der Waals surface area contributed by atoms with Crippen LogP contribution in [0.15, 0.2) is 18.3 Å². The van der Waals surface area contributed by atoms with Crippen LogP contribution < -0.4 is 5.32 Å². The van der Waals surface area contributed by atoms with Crippen molar-refractivity contribution in [3.63, 3.8) is 0 Å². The van der Waals surface area contributed by atoms with Gasteiger partial charge in [-0.25, -0.2) is 8.42 Å². The molecule has 0 aromatic carbocycles. The van der Waals surface area contributed by atoms with E-state index in [0.717, 1.165) is 24.1 Å². The third-order valence-electron chi connectivity index (χ3n) is 3.67. The van der Waals surface area contributed by atoms with Gasteiger partial charge in [0.05, 0.1) is 18.0 Å². The predicted octanol–water partition coefficient (Wildman–Crippen LogP) is 1.20. The van der Waals surface area contributed by atoms with Gasteiger partial charge in [-0.05, 0) is 37.5 Å². The van der Waals surface area contributed by atoms with E-state index in [1.807, 2.05) is 12.1 Å². The molecule has 1 aliphatic heterocycles. The molecule has 2 heterocycles. The highest BCUT2D eigenvalue weighted by Crippen LogP contribution is 2.34. The average molecular weight is 311 g/mol. The first-order valence-corrected chi connectivity index (χ1v) is 8.73. The number of amides is 1. The molecule has 0 saturated carbocycles. The first kappa shape index (κ1) is 15.9. The molecule has 1 saturated heterocycles. The van der Waals surface area contributed by atoms with Gasteiger partial charge in [0.25, 0.3) is 0 Å². The predicted molar refractivity (Wildman–Crippen MR) is 79.9 cm³/mol. The number of hydrogen-bond acceptors (Lipinski definition) is 4. The average Bonchev–Trinajstić information content (AvgIpc) is 2.95. The Morgan fingerprint density at radius 3 is 2.95 bits per heavy atom. The van der Waals surface area contributed by atoms with E-state index in [-0.39, 0.29) is 17.7 Å². The maximum absolute atomic E-state index is 12.1. The first-order valence-electron chi connectivity index (χ1n) is 7.13. The molecule has 0 unspecified atom stereocenters. The van der Waals surface area contributed by atoms with E-state index in [9.17, 15) is 13.2 Å². The molecule has 1 aromatic rings. The summed E-state index contributed by atoms with van der Waals surface area (Å²) in [4.78, 5) is 15.2. The smallest absolute Gasteiger partial charge is 0.217 e. The number of rotatable bonds is 5. The number of sulfonamides is 1. The van der Waals surface area contributed by atoms with Crippen LogP contribution in [0.3, 0.4) is 0 Å². The number of carbonyl (C=O) groups excluding carboxylic acids is 1.